The smallest absolute Gasteiger partial charge is 0.0702 e. The van der Waals surface area contributed by atoms with Gasteiger partial charge in [-0.05, 0) is 56.7 Å². The number of ether oxygens (including phenoxy) is 1. The van der Waals surface area contributed by atoms with Crippen molar-refractivity contribution in [3.05, 3.63) is 35.9 Å². The maximum absolute atomic E-state index is 5.74. The lowest BCUT2D eigenvalue weighted by atomic mass is 9.90. The fourth-order valence-corrected chi connectivity index (χ4v) is 3.40. The van der Waals surface area contributed by atoms with E-state index in [9.17, 15) is 0 Å². The van der Waals surface area contributed by atoms with Crippen LogP contribution in [0.1, 0.15) is 31.2 Å². The first-order chi connectivity index (χ1) is 9.40. The van der Waals surface area contributed by atoms with E-state index in [1.807, 2.05) is 0 Å². The summed E-state index contributed by atoms with van der Waals surface area (Å²) >= 11 is 0. The van der Waals surface area contributed by atoms with Crippen molar-refractivity contribution in [1.82, 2.24) is 4.90 Å². The standard InChI is InChI=1S/C17H25NO/c1-2-5-15(6-3-1)13-16-8-10-18(11-9-16)14-17-7-4-12-19-17/h1-3,5-6,16-17H,4,7-14H2/t17-/m0/s1. The van der Waals surface area contributed by atoms with Gasteiger partial charge in [0.05, 0.1) is 6.10 Å². The second-order valence-electron chi connectivity index (χ2n) is 6.07. The molecule has 0 radical (unpaired) electrons. The van der Waals surface area contributed by atoms with Gasteiger partial charge in [-0.2, -0.15) is 0 Å². The summed E-state index contributed by atoms with van der Waals surface area (Å²) in [7, 11) is 0. The third kappa shape index (κ3) is 3.80. The van der Waals surface area contributed by atoms with Gasteiger partial charge in [0.1, 0.15) is 0 Å². The van der Waals surface area contributed by atoms with Crippen molar-refractivity contribution in [3.8, 4) is 0 Å². The molecule has 1 atom stereocenters. The zero-order valence-electron chi connectivity index (χ0n) is 11.8. The Bertz CT molecular complexity index is 364. The van der Waals surface area contributed by atoms with Crippen LogP contribution in [0.15, 0.2) is 30.3 Å². The second kappa shape index (κ2) is 6.53. The van der Waals surface area contributed by atoms with E-state index in [4.69, 9.17) is 4.74 Å². The van der Waals surface area contributed by atoms with Crippen molar-refractivity contribution in [2.24, 2.45) is 5.92 Å². The Morgan fingerprint density at radius 1 is 1.05 bits per heavy atom. The van der Waals surface area contributed by atoms with Gasteiger partial charge in [-0.15, -0.1) is 0 Å². The predicted molar refractivity (Wildman–Crippen MR) is 78.3 cm³/mol. The van der Waals surface area contributed by atoms with Crippen LogP contribution in [0.5, 0.6) is 0 Å². The summed E-state index contributed by atoms with van der Waals surface area (Å²) in [6, 6.07) is 10.9. The van der Waals surface area contributed by atoms with Gasteiger partial charge in [-0.25, -0.2) is 0 Å². The molecule has 104 valence electrons. The van der Waals surface area contributed by atoms with E-state index in [1.165, 1.54) is 50.8 Å². The first-order valence-corrected chi connectivity index (χ1v) is 7.78. The van der Waals surface area contributed by atoms with Gasteiger partial charge in [0.25, 0.3) is 0 Å². The SMILES string of the molecule is c1ccc(CC2CCN(C[C@@H]3CCCO3)CC2)cc1. The lowest BCUT2D eigenvalue weighted by Crippen LogP contribution is -2.39. The molecular formula is C17H25NO. The normalized spacial score (nSPS) is 25.8. The molecule has 0 unspecified atom stereocenters. The first-order valence-electron chi connectivity index (χ1n) is 7.78. The van der Waals surface area contributed by atoms with Gasteiger partial charge in [-0.3, -0.25) is 0 Å². The van der Waals surface area contributed by atoms with Crippen LogP contribution in [-0.2, 0) is 11.2 Å². The number of hydrogen-bond donors (Lipinski definition) is 0. The Balaban J connectivity index is 1.41. The summed E-state index contributed by atoms with van der Waals surface area (Å²) in [5.74, 6) is 0.878. The van der Waals surface area contributed by atoms with E-state index < -0.39 is 0 Å². The Morgan fingerprint density at radius 2 is 1.84 bits per heavy atom. The molecule has 2 heterocycles. The number of hydrogen-bond acceptors (Lipinski definition) is 2. The van der Waals surface area contributed by atoms with E-state index in [0.717, 1.165) is 19.1 Å². The summed E-state index contributed by atoms with van der Waals surface area (Å²) in [5.41, 5.74) is 1.50. The second-order valence-corrected chi connectivity index (χ2v) is 6.07. The predicted octanol–water partition coefficient (Wildman–Crippen LogP) is 3.12. The Morgan fingerprint density at radius 3 is 2.53 bits per heavy atom. The Hall–Kier alpha value is -0.860. The third-order valence-corrected chi connectivity index (χ3v) is 4.56. The third-order valence-electron chi connectivity index (χ3n) is 4.56. The molecule has 0 bridgehead atoms. The van der Waals surface area contributed by atoms with Crippen molar-refractivity contribution in [1.29, 1.82) is 0 Å². The molecule has 0 saturated carbocycles. The van der Waals surface area contributed by atoms with Crippen LogP contribution >= 0.6 is 0 Å². The molecule has 2 nitrogen and oxygen atoms in total. The number of piperidine rings is 1. The van der Waals surface area contributed by atoms with Gasteiger partial charge in [0.15, 0.2) is 0 Å². The van der Waals surface area contributed by atoms with E-state index >= 15 is 0 Å². The van der Waals surface area contributed by atoms with Gasteiger partial charge in [-0.1, -0.05) is 30.3 Å². The number of likely N-dealkylation sites (tertiary alicyclic amines) is 1. The molecule has 1 aromatic rings. The minimum Gasteiger partial charge on any atom is -0.377 e. The van der Waals surface area contributed by atoms with Crippen LogP contribution in [0, 0.1) is 5.92 Å². The molecule has 2 saturated heterocycles. The highest BCUT2D eigenvalue weighted by Gasteiger charge is 2.23. The number of benzene rings is 1. The van der Waals surface area contributed by atoms with Crippen LogP contribution in [0.25, 0.3) is 0 Å². The van der Waals surface area contributed by atoms with Crippen molar-refractivity contribution in [3.63, 3.8) is 0 Å². The van der Waals surface area contributed by atoms with Crippen molar-refractivity contribution in [2.75, 3.05) is 26.2 Å². The molecule has 1 aromatic carbocycles. The highest BCUT2D eigenvalue weighted by Crippen LogP contribution is 2.23. The van der Waals surface area contributed by atoms with Gasteiger partial charge in [0, 0.05) is 13.2 Å². The van der Waals surface area contributed by atoms with E-state index in [1.54, 1.807) is 0 Å². The topological polar surface area (TPSA) is 12.5 Å². The van der Waals surface area contributed by atoms with E-state index in [2.05, 4.69) is 35.2 Å². The molecule has 2 aliphatic heterocycles. The van der Waals surface area contributed by atoms with Gasteiger partial charge in [0.2, 0.25) is 0 Å². The lowest BCUT2D eigenvalue weighted by Gasteiger charge is -2.33. The highest BCUT2D eigenvalue weighted by molar-refractivity contribution is 5.15. The van der Waals surface area contributed by atoms with E-state index in [0.29, 0.717) is 6.10 Å². The van der Waals surface area contributed by atoms with Crippen LogP contribution in [0.2, 0.25) is 0 Å². The van der Waals surface area contributed by atoms with Gasteiger partial charge >= 0.3 is 0 Å². The van der Waals surface area contributed by atoms with Crippen LogP contribution < -0.4 is 0 Å². The molecule has 0 spiro atoms. The Kier molecular flexibility index (Phi) is 4.52. The molecule has 19 heavy (non-hydrogen) atoms. The summed E-state index contributed by atoms with van der Waals surface area (Å²) < 4.78 is 5.74. The number of nitrogens with zero attached hydrogens (tertiary/aromatic N) is 1. The van der Waals surface area contributed by atoms with Gasteiger partial charge < -0.3 is 9.64 Å². The summed E-state index contributed by atoms with van der Waals surface area (Å²) in [6.45, 7) is 4.67. The van der Waals surface area contributed by atoms with Crippen molar-refractivity contribution < 1.29 is 4.74 Å². The first kappa shape index (κ1) is 13.1. The summed E-state index contributed by atoms with van der Waals surface area (Å²) in [6.07, 6.45) is 7.00. The fraction of sp³-hybridized carbons (Fsp3) is 0.647. The lowest BCUT2D eigenvalue weighted by molar-refractivity contribution is 0.0598. The Labute approximate surface area is 116 Å². The quantitative estimate of drug-likeness (QED) is 0.824. The molecule has 0 aromatic heterocycles. The molecule has 3 rings (SSSR count). The molecule has 0 N–H and O–H groups in total. The van der Waals surface area contributed by atoms with E-state index in [-0.39, 0.29) is 0 Å². The highest BCUT2D eigenvalue weighted by atomic mass is 16.5. The summed E-state index contributed by atoms with van der Waals surface area (Å²) in [4.78, 5) is 2.61. The maximum Gasteiger partial charge on any atom is 0.0702 e. The van der Waals surface area contributed by atoms with Crippen LogP contribution in [0.3, 0.4) is 0 Å². The molecular weight excluding hydrogens is 234 g/mol. The molecule has 2 fully saturated rings. The zero-order chi connectivity index (χ0) is 12.9. The van der Waals surface area contributed by atoms with Crippen LogP contribution in [0.4, 0.5) is 0 Å². The van der Waals surface area contributed by atoms with Crippen molar-refractivity contribution >= 4 is 0 Å². The largest absolute Gasteiger partial charge is 0.377 e. The average molecular weight is 259 g/mol. The molecule has 2 aliphatic rings. The minimum absolute atomic E-state index is 0.519. The zero-order valence-corrected chi connectivity index (χ0v) is 11.8. The minimum atomic E-state index is 0.519. The molecule has 2 heteroatoms. The summed E-state index contributed by atoms with van der Waals surface area (Å²) in [5, 5.41) is 0. The van der Waals surface area contributed by atoms with Crippen LogP contribution in [-0.4, -0.2) is 37.2 Å². The molecule has 0 amide bonds. The fourth-order valence-electron chi connectivity index (χ4n) is 3.40. The molecule has 0 aliphatic carbocycles. The number of rotatable bonds is 4. The maximum atomic E-state index is 5.74. The average Bonchev–Trinajstić information content (AvgIpc) is 2.95. The monoisotopic (exact) mass is 259 g/mol. The van der Waals surface area contributed by atoms with Crippen molar-refractivity contribution in [2.45, 2.75) is 38.2 Å².